The van der Waals surface area contributed by atoms with E-state index in [-0.39, 0.29) is 19.0 Å². The molecule has 0 unspecified atom stereocenters. The molecule has 34 heavy (non-hydrogen) atoms. The van der Waals surface area contributed by atoms with Crippen LogP contribution in [0.3, 0.4) is 0 Å². The maximum atomic E-state index is 13.4. The molecule has 176 valence electrons. The number of methoxy groups -OCH3 is 2. The number of ether oxygens (including phenoxy) is 2. The van der Waals surface area contributed by atoms with Crippen molar-refractivity contribution in [2.45, 2.75) is 26.9 Å². The van der Waals surface area contributed by atoms with Crippen LogP contribution < -0.4 is 26.0 Å². The van der Waals surface area contributed by atoms with Gasteiger partial charge in [0.15, 0.2) is 11.5 Å². The molecule has 0 aliphatic heterocycles. The molecule has 0 saturated carbocycles. The number of para-hydroxylation sites is 1. The lowest BCUT2D eigenvalue weighted by Gasteiger charge is -2.15. The average molecular weight is 480 g/mol. The topological polar surface area (TPSA) is 91.6 Å². The van der Waals surface area contributed by atoms with Gasteiger partial charge in [-0.3, -0.25) is 14.2 Å². The van der Waals surface area contributed by atoms with Crippen molar-refractivity contribution in [3.05, 3.63) is 85.4 Å². The number of carbonyl (C=O) groups is 1. The minimum atomic E-state index is -0.562. The molecule has 4 aromatic rings. The first-order chi connectivity index (χ1) is 16.3. The zero-order valence-corrected chi connectivity index (χ0v) is 20.2. The molecule has 2 heterocycles. The molecule has 0 aliphatic rings. The largest absolute Gasteiger partial charge is 0.493 e. The van der Waals surface area contributed by atoms with E-state index in [1.54, 1.807) is 36.8 Å². The first-order valence-electron chi connectivity index (χ1n) is 10.6. The van der Waals surface area contributed by atoms with E-state index < -0.39 is 11.2 Å². The Labute approximate surface area is 200 Å². The highest BCUT2D eigenvalue weighted by atomic mass is 32.1. The summed E-state index contributed by atoms with van der Waals surface area (Å²) in [6.45, 7) is 3.84. The lowest BCUT2D eigenvalue weighted by Crippen LogP contribution is -2.41. The van der Waals surface area contributed by atoms with Gasteiger partial charge >= 0.3 is 5.69 Å². The van der Waals surface area contributed by atoms with E-state index in [0.29, 0.717) is 27.4 Å². The number of amides is 1. The second kappa shape index (κ2) is 9.56. The van der Waals surface area contributed by atoms with E-state index in [4.69, 9.17) is 9.47 Å². The Morgan fingerprint density at radius 2 is 1.82 bits per heavy atom. The van der Waals surface area contributed by atoms with Crippen molar-refractivity contribution >= 4 is 27.5 Å². The number of aryl methyl sites for hydroxylation is 2. The predicted molar refractivity (Wildman–Crippen MR) is 133 cm³/mol. The lowest BCUT2D eigenvalue weighted by atomic mass is 10.1. The third kappa shape index (κ3) is 4.22. The van der Waals surface area contributed by atoms with Gasteiger partial charge in [-0.2, -0.15) is 0 Å². The molecule has 0 radical (unpaired) electrons. The second-order valence-electron chi connectivity index (χ2n) is 7.84. The molecule has 8 nitrogen and oxygen atoms in total. The quantitative estimate of drug-likeness (QED) is 0.440. The smallest absolute Gasteiger partial charge is 0.336 e. The van der Waals surface area contributed by atoms with Gasteiger partial charge in [-0.1, -0.05) is 18.2 Å². The van der Waals surface area contributed by atoms with Gasteiger partial charge in [0.25, 0.3) is 5.56 Å². The fraction of sp³-hybridized carbons (Fsp3) is 0.240. The normalized spacial score (nSPS) is 10.9. The van der Waals surface area contributed by atoms with Crippen LogP contribution in [-0.4, -0.2) is 29.3 Å². The number of aromatic nitrogens is 2. The Balaban J connectivity index is 1.68. The highest BCUT2D eigenvalue weighted by Gasteiger charge is 2.18. The van der Waals surface area contributed by atoms with Crippen LogP contribution >= 0.6 is 11.3 Å². The summed E-state index contributed by atoms with van der Waals surface area (Å²) in [5, 5.41) is 4.57. The van der Waals surface area contributed by atoms with Crippen molar-refractivity contribution in [2.75, 3.05) is 14.2 Å². The highest BCUT2D eigenvalue weighted by Crippen LogP contribution is 2.30. The predicted octanol–water partition coefficient (Wildman–Crippen LogP) is 3.16. The van der Waals surface area contributed by atoms with E-state index in [1.807, 2.05) is 32.0 Å². The molecule has 2 aromatic heterocycles. The van der Waals surface area contributed by atoms with Gasteiger partial charge in [-0.25, -0.2) is 9.36 Å². The third-order valence-electron chi connectivity index (χ3n) is 5.77. The fourth-order valence-electron chi connectivity index (χ4n) is 3.82. The zero-order chi connectivity index (χ0) is 24.4. The number of hydrogen-bond acceptors (Lipinski definition) is 6. The third-order valence-corrected chi connectivity index (χ3v) is 6.66. The van der Waals surface area contributed by atoms with Crippen LogP contribution in [0.15, 0.2) is 57.4 Å². The monoisotopic (exact) mass is 479 g/mol. The van der Waals surface area contributed by atoms with Crippen molar-refractivity contribution < 1.29 is 14.3 Å². The number of carbonyl (C=O) groups excluding carboxylic acids is 1. The van der Waals surface area contributed by atoms with Crippen LogP contribution in [-0.2, 0) is 17.9 Å². The van der Waals surface area contributed by atoms with Gasteiger partial charge in [0, 0.05) is 12.1 Å². The summed E-state index contributed by atoms with van der Waals surface area (Å²) in [6.07, 6.45) is 0. The second-order valence-corrected chi connectivity index (χ2v) is 8.76. The average Bonchev–Trinajstić information content (AvgIpc) is 3.32. The van der Waals surface area contributed by atoms with E-state index in [2.05, 4.69) is 5.32 Å². The molecular formula is C25H25N3O5S. The van der Waals surface area contributed by atoms with E-state index in [9.17, 15) is 14.4 Å². The van der Waals surface area contributed by atoms with Gasteiger partial charge in [0.2, 0.25) is 5.91 Å². The molecule has 1 amide bonds. The minimum Gasteiger partial charge on any atom is -0.493 e. The zero-order valence-electron chi connectivity index (χ0n) is 19.4. The standard InChI is InChI=1S/C25H25N3O5S/c1-15-8-9-18(12-16(15)2)28-24(30)23-19(10-11-34-23)27(25(28)31)14-21(29)26-13-17-6-5-7-20(32-3)22(17)33-4/h5-12H,13-14H2,1-4H3,(H,26,29). The number of nitrogens with zero attached hydrogens (tertiary/aromatic N) is 2. The summed E-state index contributed by atoms with van der Waals surface area (Å²) in [7, 11) is 3.08. The van der Waals surface area contributed by atoms with Crippen molar-refractivity contribution in [2.24, 2.45) is 0 Å². The summed E-state index contributed by atoms with van der Waals surface area (Å²) in [6, 6.07) is 12.5. The molecule has 9 heteroatoms. The van der Waals surface area contributed by atoms with Crippen molar-refractivity contribution in [3.8, 4) is 17.2 Å². The molecule has 0 aliphatic carbocycles. The maximum absolute atomic E-state index is 13.4. The summed E-state index contributed by atoms with van der Waals surface area (Å²) >= 11 is 1.24. The number of fused-ring (bicyclic) bond motifs is 1. The number of hydrogen-bond donors (Lipinski definition) is 1. The van der Waals surface area contributed by atoms with Crippen LogP contribution in [0.1, 0.15) is 16.7 Å². The van der Waals surface area contributed by atoms with Crippen LogP contribution in [0.4, 0.5) is 0 Å². The Hall–Kier alpha value is -3.85. The Bertz CT molecular complexity index is 1500. The summed E-state index contributed by atoms with van der Waals surface area (Å²) < 4.78 is 13.6. The first-order valence-corrected chi connectivity index (χ1v) is 11.5. The number of thiophene rings is 1. The van der Waals surface area contributed by atoms with Gasteiger partial charge in [-0.15, -0.1) is 11.3 Å². The SMILES string of the molecule is COc1cccc(CNC(=O)Cn2c(=O)n(-c3ccc(C)c(C)c3)c(=O)c3sccc32)c1OC. The van der Waals surface area contributed by atoms with Crippen molar-refractivity contribution in [3.63, 3.8) is 0 Å². The molecule has 0 saturated heterocycles. The van der Waals surface area contributed by atoms with Crippen LogP contribution in [0.2, 0.25) is 0 Å². The Morgan fingerprint density at radius 3 is 2.53 bits per heavy atom. The summed E-state index contributed by atoms with van der Waals surface area (Å²) in [5.41, 5.74) is 2.72. The molecule has 0 atom stereocenters. The fourth-order valence-corrected chi connectivity index (χ4v) is 4.64. The first kappa shape index (κ1) is 23.3. The highest BCUT2D eigenvalue weighted by molar-refractivity contribution is 7.17. The van der Waals surface area contributed by atoms with Gasteiger partial charge < -0.3 is 14.8 Å². The molecule has 4 rings (SSSR count). The van der Waals surface area contributed by atoms with Crippen LogP contribution in [0, 0.1) is 13.8 Å². The minimum absolute atomic E-state index is 0.192. The van der Waals surface area contributed by atoms with Gasteiger partial charge in [-0.05, 0) is 54.6 Å². The molecule has 0 fully saturated rings. The molecular weight excluding hydrogens is 454 g/mol. The number of rotatable bonds is 7. The molecule has 0 spiro atoms. The molecule has 1 N–H and O–H groups in total. The Kier molecular flexibility index (Phi) is 6.56. The number of benzene rings is 2. The van der Waals surface area contributed by atoms with Crippen molar-refractivity contribution in [1.82, 2.24) is 14.5 Å². The van der Waals surface area contributed by atoms with E-state index >= 15 is 0 Å². The van der Waals surface area contributed by atoms with Crippen molar-refractivity contribution in [1.29, 1.82) is 0 Å². The summed E-state index contributed by atoms with van der Waals surface area (Å²) in [5.74, 6) is 0.724. The van der Waals surface area contributed by atoms with E-state index in [1.165, 1.54) is 23.0 Å². The van der Waals surface area contributed by atoms with Crippen LogP contribution in [0.5, 0.6) is 11.5 Å². The van der Waals surface area contributed by atoms with E-state index in [0.717, 1.165) is 21.3 Å². The van der Waals surface area contributed by atoms with Gasteiger partial charge in [0.1, 0.15) is 11.2 Å². The molecule has 0 bridgehead atoms. The Morgan fingerprint density at radius 1 is 1.03 bits per heavy atom. The van der Waals surface area contributed by atoms with Gasteiger partial charge in [0.05, 0.1) is 25.4 Å². The lowest BCUT2D eigenvalue weighted by molar-refractivity contribution is -0.121. The summed E-state index contributed by atoms with van der Waals surface area (Å²) in [4.78, 5) is 39.4. The maximum Gasteiger partial charge on any atom is 0.336 e. The van der Waals surface area contributed by atoms with Crippen LogP contribution in [0.25, 0.3) is 15.9 Å². The number of nitrogens with one attached hydrogen (secondary N) is 1. The molecule has 2 aromatic carbocycles.